The quantitative estimate of drug-likeness (QED) is 0.350. The van der Waals surface area contributed by atoms with Crippen LogP contribution < -0.4 is 15.4 Å². The minimum atomic E-state index is -0.218. The zero-order valence-electron chi connectivity index (χ0n) is 16.9. The van der Waals surface area contributed by atoms with Gasteiger partial charge in [-0.25, -0.2) is 4.39 Å². The van der Waals surface area contributed by atoms with Crippen LogP contribution in [0.1, 0.15) is 24.0 Å². The second-order valence-electron chi connectivity index (χ2n) is 6.99. The Labute approximate surface area is 189 Å². The summed E-state index contributed by atoms with van der Waals surface area (Å²) in [5, 5.41) is 6.63. The van der Waals surface area contributed by atoms with Crippen LogP contribution in [0.5, 0.6) is 5.75 Å². The number of nitrogens with zero attached hydrogens (tertiary/aromatic N) is 1. The van der Waals surface area contributed by atoms with Gasteiger partial charge in [0.25, 0.3) is 0 Å². The second-order valence-corrected chi connectivity index (χ2v) is 6.99. The van der Waals surface area contributed by atoms with E-state index in [0.717, 1.165) is 38.3 Å². The first-order chi connectivity index (χ1) is 13.7. The lowest BCUT2D eigenvalue weighted by Gasteiger charge is -2.38. The van der Waals surface area contributed by atoms with Gasteiger partial charge in [-0.2, -0.15) is 0 Å². The molecule has 2 aromatic rings. The van der Waals surface area contributed by atoms with Crippen molar-refractivity contribution in [2.45, 2.75) is 24.8 Å². The Kier molecular flexibility index (Phi) is 9.16. The molecule has 3 rings (SSSR count). The summed E-state index contributed by atoms with van der Waals surface area (Å²) in [6.45, 7) is 2.56. The molecule has 1 aliphatic rings. The summed E-state index contributed by atoms with van der Waals surface area (Å²) in [7, 11) is 3.40. The third-order valence-corrected chi connectivity index (χ3v) is 5.37. The second kappa shape index (κ2) is 11.3. The van der Waals surface area contributed by atoms with Crippen LogP contribution in [0.4, 0.5) is 4.39 Å². The fourth-order valence-corrected chi connectivity index (χ4v) is 3.57. The molecule has 158 valence electrons. The zero-order valence-corrected chi connectivity index (χ0v) is 19.2. The highest BCUT2D eigenvalue weighted by Crippen LogP contribution is 2.35. The molecular weight excluding hydrogens is 484 g/mol. The van der Waals surface area contributed by atoms with E-state index in [1.165, 1.54) is 11.6 Å². The molecule has 0 unspecified atom stereocenters. The highest BCUT2D eigenvalue weighted by Gasteiger charge is 2.34. The molecule has 1 saturated heterocycles. The highest BCUT2D eigenvalue weighted by molar-refractivity contribution is 14.0. The number of hydrogen-bond donors (Lipinski definition) is 2. The average molecular weight is 513 g/mol. The molecule has 0 bridgehead atoms. The van der Waals surface area contributed by atoms with Crippen LogP contribution in [-0.4, -0.2) is 39.9 Å². The molecule has 0 aliphatic carbocycles. The van der Waals surface area contributed by atoms with Crippen molar-refractivity contribution >= 4 is 29.9 Å². The summed E-state index contributed by atoms with van der Waals surface area (Å²) in [5.74, 6) is 1.29. The van der Waals surface area contributed by atoms with E-state index in [1.54, 1.807) is 26.3 Å². The van der Waals surface area contributed by atoms with Crippen molar-refractivity contribution in [1.82, 2.24) is 10.6 Å². The maximum absolute atomic E-state index is 13.8. The number of aliphatic imine (C=N–C) groups is 1. The van der Waals surface area contributed by atoms with Crippen molar-refractivity contribution in [3.05, 3.63) is 65.5 Å². The molecule has 0 saturated carbocycles. The van der Waals surface area contributed by atoms with E-state index in [-0.39, 0.29) is 35.2 Å². The molecular formula is C22H29FIN3O2. The van der Waals surface area contributed by atoms with Crippen LogP contribution in [0.25, 0.3) is 0 Å². The predicted molar refractivity (Wildman–Crippen MR) is 125 cm³/mol. The van der Waals surface area contributed by atoms with E-state index in [0.29, 0.717) is 18.1 Å². The molecule has 1 aliphatic heterocycles. The van der Waals surface area contributed by atoms with Gasteiger partial charge in [0.05, 0.1) is 7.11 Å². The minimum absolute atomic E-state index is 0. The van der Waals surface area contributed by atoms with Crippen LogP contribution in [0.15, 0.2) is 53.5 Å². The Hall–Kier alpha value is -1.87. The first-order valence-corrected chi connectivity index (χ1v) is 9.57. The van der Waals surface area contributed by atoms with Gasteiger partial charge >= 0.3 is 0 Å². The van der Waals surface area contributed by atoms with E-state index in [2.05, 4.69) is 27.8 Å². The van der Waals surface area contributed by atoms with Crippen molar-refractivity contribution < 1.29 is 13.9 Å². The van der Waals surface area contributed by atoms with Gasteiger partial charge in [-0.05, 0) is 36.6 Å². The van der Waals surface area contributed by atoms with Gasteiger partial charge in [0.15, 0.2) is 5.96 Å². The summed E-state index contributed by atoms with van der Waals surface area (Å²) < 4.78 is 24.7. The van der Waals surface area contributed by atoms with Crippen molar-refractivity contribution in [1.29, 1.82) is 0 Å². The standard InChI is InChI=1S/C22H28FN3O2.HI/c1-24-21(25-15-17-5-3-4-6-20(17)23)26-16-22(11-13-28-14-12-22)18-7-9-19(27-2)10-8-18;/h3-10H,11-16H2,1-2H3,(H2,24,25,26);1H. The van der Waals surface area contributed by atoms with Crippen LogP contribution in [0.2, 0.25) is 0 Å². The number of rotatable bonds is 6. The van der Waals surface area contributed by atoms with Crippen LogP contribution in [0, 0.1) is 5.82 Å². The van der Waals surface area contributed by atoms with Crippen LogP contribution in [-0.2, 0) is 16.7 Å². The van der Waals surface area contributed by atoms with Crippen molar-refractivity contribution in [3.8, 4) is 5.75 Å². The first kappa shape index (κ1) is 23.4. The smallest absolute Gasteiger partial charge is 0.191 e. The number of guanidine groups is 1. The van der Waals surface area contributed by atoms with E-state index in [4.69, 9.17) is 9.47 Å². The van der Waals surface area contributed by atoms with E-state index < -0.39 is 0 Å². The maximum Gasteiger partial charge on any atom is 0.191 e. The van der Waals surface area contributed by atoms with Gasteiger partial charge in [0.1, 0.15) is 11.6 Å². The highest BCUT2D eigenvalue weighted by atomic mass is 127. The van der Waals surface area contributed by atoms with Gasteiger partial charge < -0.3 is 20.1 Å². The molecule has 0 amide bonds. The summed E-state index contributed by atoms with van der Waals surface area (Å²) in [6, 6.07) is 15.0. The molecule has 0 atom stereocenters. The lowest BCUT2D eigenvalue weighted by atomic mass is 9.74. The lowest BCUT2D eigenvalue weighted by molar-refractivity contribution is 0.0513. The largest absolute Gasteiger partial charge is 0.497 e. The number of ether oxygens (including phenoxy) is 2. The molecule has 5 nitrogen and oxygen atoms in total. The predicted octanol–water partition coefficient (Wildman–Crippen LogP) is 3.87. The fraction of sp³-hybridized carbons (Fsp3) is 0.409. The Morgan fingerprint density at radius 3 is 2.41 bits per heavy atom. The third-order valence-electron chi connectivity index (χ3n) is 5.37. The van der Waals surface area contributed by atoms with Gasteiger partial charge in [0, 0.05) is 44.3 Å². The monoisotopic (exact) mass is 513 g/mol. The number of halogens is 2. The molecule has 2 aromatic carbocycles. The van der Waals surface area contributed by atoms with E-state index in [9.17, 15) is 4.39 Å². The SMILES string of the molecule is CN=C(NCc1ccccc1F)NCC1(c2ccc(OC)cc2)CCOCC1.I. The molecule has 0 aromatic heterocycles. The summed E-state index contributed by atoms with van der Waals surface area (Å²) in [5.41, 5.74) is 1.83. The third kappa shape index (κ3) is 6.05. The first-order valence-electron chi connectivity index (χ1n) is 9.57. The number of methoxy groups -OCH3 is 1. The van der Waals surface area contributed by atoms with Crippen molar-refractivity contribution in [3.63, 3.8) is 0 Å². The molecule has 2 N–H and O–H groups in total. The zero-order chi connectivity index (χ0) is 19.8. The Balaban J connectivity index is 0.00000300. The van der Waals surface area contributed by atoms with E-state index >= 15 is 0 Å². The molecule has 1 fully saturated rings. The normalized spacial score (nSPS) is 15.9. The van der Waals surface area contributed by atoms with E-state index in [1.807, 2.05) is 18.2 Å². The number of benzene rings is 2. The molecule has 29 heavy (non-hydrogen) atoms. The average Bonchev–Trinajstić information content (AvgIpc) is 2.75. The lowest BCUT2D eigenvalue weighted by Crippen LogP contribution is -2.48. The van der Waals surface area contributed by atoms with Gasteiger partial charge in [-0.15, -0.1) is 24.0 Å². The van der Waals surface area contributed by atoms with Crippen LogP contribution >= 0.6 is 24.0 Å². The summed E-state index contributed by atoms with van der Waals surface area (Å²) in [6.07, 6.45) is 1.85. The molecule has 0 radical (unpaired) electrons. The number of hydrogen-bond acceptors (Lipinski definition) is 3. The van der Waals surface area contributed by atoms with Crippen molar-refractivity contribution in [2.75, 3.05) is 33.9 Å². The molecule has 0 spiro atoms. The minimum Gasteiger partial charge on any atom is -0.497 e. The Morgan fingerprint density at radius 2 is 1.79 bits per heavy atom. The van der Waals surface area contributed by atoms with Crippen LogP contribution in [0.3, 0.4) is 0 Å². The topological polar surface area (TPSA) is 54.9 Å². The van der Waals surface area contributed by atoms with Gasteiger partial charge in [0.2, 0.25) is 0 Å². The Morgan fingerprint density at radius 1 is 1.10 bits per heavy atom. The summed E-state index contributed by atoms with van der Waals surface area (Å²) in [4.78, 5) is 4.29. The van der Waals surface area contributed by atoms with Gasteiger partial charge in [-0.3, -0.25) is 4.99 Å². The van der Waals surface area contributed by atoms with Gasteiger partial charge in [-0.1, -0.05) is 30.3 Å². The summed E-state index contributed by atoms with van der Waals surface area (Å²) >= 11 is 0. The number of nitrogens with one attached hydrogen (secondary N) is 2. The van der Waals surface area contributed by atoms with Crippen molar-refractivity contribution in [2.24, 2.45) is 4.99 Å². The molecule has 1 heterocycles. The maximum atomic E-state index is 13.8. The fourth-order valence-electron chi connectivity index (χ4n) is 3.57. The molecule has 7 heteroatoms. The Bertz CT molecular complexity index is 793.